The van der Waals surface area contributed by atoms with Crippen molar-refractivity contribution in [3.8, 4) is 0 Å². The van der Waals surface area contributed by atoms with Crippen LogP contribution in [-0.2, 0) is 0 Å². The maximum Gasteiger partial charge on any atom is 0.0606 e. The lowest BCUT2D eigenvalue weighted by Crippen LogP contribution is -2.36. The number of hydrogen-bond donors (Lipinski definition) is 2. The zero-order valence-corrected chi connectivity index (χ0v) is 12.1. The predicted octanol–water partition coefficient (Wildman–Crippen LogP) is 2.61. The predicted molar refractivity (Wildman–Crippen MR) is 80.3 cm³/mol. The number of nitrogens with zero attached hydrogens (tertiary/aromatic N) is 1. The van der Waals surface area contributed by atoms with Crippen molar-refractivity contribution in [2.75, 3.05) is 23.8 Å². The summed E-state index contributed by atoms with van der Waals surface area (Å²) in [5.41, 5.74) is 7.98. The quantitative estimate of drug-likeness (QED) is 0.651. The van der Waals surface area contributed by atoms with Crippen molar-refractivity contribution in [2.24, 2.45) is 0 Å². The lowest BCUT2D eigenvalue weighted by molar-refractivity contribution is 0.297. The van der Waals surface area contributed by atoms with Gasteiger partial charge in [0.2, 0.25) is 0 Å². The van der Waals surface area contributed by atoms with Gasteiger partial charge in [-0.25, -0.2) is 0 Å². The first kappa shape index (κ1) is 13.0. The van der Waals surface area contributed by atoms with E-state index in [1.165, 1.54) is 25.7 Å². The molecule has 0 aromatic heterocycles. The second-order valence-electron chi connectivity index (χ2n) is 4.56. The summed E-state index contributed by atoms with van der Waals surface area (Å²) >= 11 is 2.27. The third kappa shape index (κ3) is 3.04. The van der Waals surface area contributed by atoms with Crippen LogP contribution in [0.5, 0.6) is 0 Å². The minimum atomic E-state index is 0.182. The zero-order chi connectivity index (χ0) is 12.3. The Labute approximate surface area is 116 Å². The molecule has 3 N–H and O–H groups in total. The average molecular weight is 346 g/mol. The number of nitrogens with two attached hydrogens (primary N) is 1. The van der Waals surface area contributed by atoms with Gasteiger partial charge in [0.05, 0.1) is 18.0 Å². The molecule has 1 aromatic carbocycles. The lowest BCUT2D eigenvalue weighted by Gasteiger charge is -2.31. The van der Waals surface area contributed by atoms with E-state index in [2.05, 4.69) is 39.6 Å². The van der Waals surface area contributed by atoms with Gasteiger partial charge < -0.3 is 15.7 Å². The Morgan fingerprint density at radius 1 is 1.35 bits per heavy atom. The maximum atomic E-state index is 9.22. The van der Waals surface area contributed by atoms with Crippen LogP contribution in [0.1, 0.15) is 25.7 Å². The highest BCUT2D eigenvalue weighted by Gasteiger charge is 2.23. The molecule has 0 amide bonds. The van der Waals surface area contributed by atoms with Crippen molar-refractivity contribution >= 4 is 34.0 Å². The van der Waals surface area contributed by atoms with Crippen molar-refractivity contribution in [3.05, 3.63) is 21.8 Å². The molecule has 3 nitrogen and oxygen atoms in total. The standard InChI is InChI=1S/C13H19IN2O/c14-10-5-6-13(12(15)9-10)16(7-8-17)11-3-1-2-4-11/h5-6,9,11,17H,1-4,7-8,15H2. The summed E-state index contributed by atoms with van der Waals surface area (Å²) < 4.78 is 1.15. The Kier molecular flexibility index (Phi) is 4.50. The molecule has 0 radical (unpaired) electrons. The monoisotopic (exact) mass is 346 g/mol. The van der Waals surface area contributed by atoms with Gasteiger partial charge in [0.1, 0.15) is 0 Å². The van der Waals surface area contributed by atoms with Crippen LogP contribution in [0.15, 0.2) is 18.2 Å². The fraction of sp³-hybridized carbons (Fsp3) is 0.538. The van der Waals surface area contributed by atoms with Crippen LogP contribution >= 0.6 is 22.6 Å². The number of halogens is 1. The number of aliphatic hydroxyl groups is 1. The van der Waals surface area contributed by atoms with Gasteiger partial charge in [-0.3, -0.25) is 0 Å². The van der Waals surface area contributed by atoms with Gasteiger partial charge >= 0.3 is 0 Å². The topological polar surface area (TPSA) is 49.5 Å². The molecular formula is C13H19IN2O. The number of nitrogen functional groups attached to an aromatic ring is 1. The van der Waals surface area contributed by atoms with Crippen LogP contribution in [0.25, 0.3) is 0 Å². The molecule has 1 aliphatic rings. The van der Waals surface area contributed by atoms with Gasteiger partial charge in [0.25, 0.3) is 0 Å². The Morgan fingerprint density at radius 3 is 2.65 bits per heavy atom. The van der Waals surface area contributed by atoms with Crippen molar-refractivity contribution in [1.82, 2.24) is 0 Å². The van der Waals surface area contributed by atoms with Gasteiger partial charge in [0, 0.05) is 16.2 Å². The third-order valence-electron chi connectivity index (χ3n) is 3.41. The molecule has 4 heteroatoms. The Bertz CT molecular complexity index is 378. The molecule has 0 heterocycles. The van der Waals surface area contributed by atoms with E-state index in [-0.39, 0.29) is 6.61 Å². The van der Waals surface area contributed by atoms with E-state index >= 15 is 0 Å². The molecule has 1 aliphatic carbocycles. The van der Waals surface area contributed by atoms with Gasteiger partial charge in [-0.05, 0) is 53.6 Å². The first-order valence-corrected chi connectivity index (χ1v) is 7.23. The van der Waals surface area contributed by atoms with Gasteiger partial charge in [-0.1, -0.05) is 12.8 Å². The molecule has 94 valence electrons. The van der Waals surface area contributed by atoms with E-state index in [0.29, 0.717) is 12.6 Å². The van der Waals surface area contributed by atoms with E-state index in [1.54, 1.807) is 0 Å². The molecule has 17 heavy (non-hydrogen) atoms. The highest BCUT2D eigenvalue weighted by atomic mass is 127. The van der Waals surface area contributed by atoms with Crippen LogP contribution in [0.3, 0.4) is 0 Å². The number of rotatable bonds is 4. The van der Waals surface area contributed by atoms with Crippen molar-refractivity contribution < 1.29 is 5.11 Å². The number of benzene rings is 1. The normalized spacial score (nSPS) is 16.4. The van der Waals surface area contributed by atoms with Gasteiger partial charge in [0.15, 0.2) is 0 Å². The van der Waals surface area contributed by atoms with Crippen LogP contribution in [0.4, 0.5) is 11.4 Å². The van der Waals surface area contributed by atoms with Gasteiger partial charge in [-0.15, -0.1) is 0 Å². The summed E-state index contributed by atoms with van der Waals surface area (Å²) in [5, 5.41) is 9.22. The second-order valence-corrected chi connectivity index (χ2v) is 5.80. The molecule has 0 spiro atoms. The fourth-order valence-corrected chi connectivity index (χ4v) is 3.13. The molecule has 0 atom stereocenters. The first-order valence-electron chi connectivity index (χ1n) is 6.15. The van der Waals surface area contributed by atoms with Crippen molar-refractivity contribution in [2.45, 2.75) is 31.7 Å². The Balaban J connectivity index is 2.24. The van der Waals surface area contributed by atoms with Crippen molar-refractivity contribution in [3.63, 3.8) is 0 Å². The van der Waals surface area contributed by atoms with E-state index in [9.17, 15) is 5.11 Å². The lowest BCUT2D eigenvalue weighted by atomic mass is 10.1. The largest absolute Gasteiger partial charge is 0.397 e. The highest BCUT2D eigenvalue weighted by molar-refractivity contribution is 14.1. The smallest absolute Gasteiger partial charge is 0.0606 e. The molecule has 0 bridgehead atoms. The SMILES string of the molecule is Nc1cc(I)ccc1N(CCO)C1CCCC1. The summed E-state index contributed by atoms with van der Waals surface area (Å²) in [5.74, 6) is 0. The van der Waals surface area contributed by atoms with E-state index in [0.717, 1.165) is 14.9 Å². The molecule has 0 saturated heterocycles. The van der Waals surface area contributed by atoms with Crippen LogP contribution in [0.2, 0.25) is 0 Å². The van der Waals surface area contributed by atoms with Crippen LogP contribution < -0.4 is 10.6 Å². The van der Waals surface area contributed by atoms with E-state index in [4.69, 9.17) is 5.73 Å². The second kappa shape index (κ2) is 5.91. The van der Waals surface area contributed by atoms with Crippen molar-refractivity contribution in [1.29, 1.82) is 0 Å². The summed E-state index contributed by atoms with van der Waals surface area (Å²) in [7, 11) is 0. The number of hydrogen-bond acceptors (Lipinski definition) is 3. The van der Waals surface area contributed by atoms with Crippen LogP contribution in [0, 0.1) is 3.57 Å². The number of aliphatic hydroxyl groups excluding tert-OH is 1. The molecule has 1 aromatic rings. The average Bonchev–Trinajstić information content (AvgIpc) is 2.80. The molecule has 1 saturated carbocycles. The van der Waals surface area contributed by atoms with E-state index < -0.39 is 0 Å². The van der Waals surface area contributed by atoms with Crippen LogP contribution in [-0.4, -0.2) is 24.3 Å². The van der Waals surface area contributed by atoms with E-state index in [1.807, 2.05) is 6.07 Å². The Morgan fingerprint density at radius 2 is 2.06 bits per heavy atom. The highest BCUT2D eigenvalue weighted by Crippen LogP contribution is 2.32. The minimum absolute atomic E-state index is 0.182. The molecular weight excluding hydrogens is 327 g/mol. The summed E-state index contributed by atoms with van der Waals surface area (Å²) in [6.45, 7) is 0.859. The summed E-state index contributed by atoms with van der Waals surface area (Å²) in [6, 6.07) is 6.69. The molecule has 1 fully saturated rings. The maximum absolute atomic E-state index is 9.22. The molecule has 0 unspecified atom stereocenters. The van der Waals surface area contributed by atoms with Gasteiger partial charge in [-0.2, -0.15) is 0 Å². The zero-order valence-electron chi connectivity index (χ0n) is 9.90. The molecule has 0 aliphatic heterocycles. The third-order valence-corrected chi connectivity index (χ3v) is 4.08. The summed E-state index contributed by atoms with van der Waals surface area (Å²) in [4.78, 5) is 2.28. The molecule has 2 rings (SSSR count). The fourth-order valence-electron chi connectivity index (χ4n) is 2.61. The first-order chi connectivity index (χ1) is 8.22. The number of anilines is 2. The minimum Gasteiger partial charge on any atom is -0.397 e. The Hall–Kier alpha value is -0.490. The summed E-state index contributed by atoms with van der Waals surface area (Å²) in [6.07, 6.45) is 5.00.